The molecule has 1 heterocycles. The zero-order chi connectivity index (χ0) is 13.8. The zero-order valence-corrected chi connectivity index (χ0v) is 10.6. The lowest BCUT2D eigenvalue weighted by molar-refractivity contribution is 0.0600. The van der Waals surface area contributed by atoms with E-state index >= 15 is 0 Å². The number of nitrogens with one attached hydrogen (secondary N) is 2. The fraction of sp³-hybridized carbons (Fsp3) is 0.154. The minimum atomic E-state index is -0.413. The SMILES string of the molecule is COC(=O)c1ccc(NC(=O)c2cn[nH]c2C)cc1. The number of aromatic nitrogens is 2. The number of hydrogen-bond donors (Lipinski definition) is 2. The number of benzene rings is 1. The number of H-pyrrole nitrogens is 1. The van der Waals surface area contributed by atoms with Crippen LogP contribution in [0, 0.1) is 6.92 Å². The highest BCUT2D eigenvalue weighted by Gasteiger charge is 2.11. The third kappa shape index (κ3) is 2.79. The zero-order valence-electron chi connectivity index (χ0n) is 10.6. The summed E-state index contributed by atoms with van der Waals surface area (Å²) in [4.78, 5) is 23.2. The smallest absolute Gasteiger partial charge is 0.337 e. The van der Waals surface area contributed by atoms with Crippen molar-refractivity contribution in [1.82, 2.24) is 10.2 Å². The van der Waals surface area contributed by atoms with Gasteiger partial charge in [0.1, 0.15) is 0 Å². The molecule has 0 saturated heterocycles. The van der Waals surface area contributed by atoms with E-state index in [1.54, 1.807) is 31.2 Å². The van der Waals surface area contributed by atoms with Crippen LogP contribution in [0.5, 0.6) is 0 Å². The number of hydrogen-bond acceptors (Lipinski definition) is 4. The Morgan fingerprint density at radius 3 is 2.47 bits per heavy atom. The van der Waals surface area contributed by atoms with E-state index in [1.807, 2.05) is 0 Å². The number of esters is 1. The molecule has 19 heavy (non-hydrogen) atoms. The molecule has 6 nitrogen and oxygen atoms in total. The molecule has 1 amide bonds. The summed E-state index contributed by atoms with van der Waals surface area (Å²) in [7, 11) is 1.32. The summed E-state index contributed by atoms with van der Waals surface area (Å²) >= 11 is 0. The molecule has 0 unspecified atom stereocenters. The van der Waals surface area contributed by atoms with E-state index in [-0.39, 0.29) is 5.91 Å². The van der Waals surface area contributed by atoms with Crippen molar-refractivity contribution in [3.05, 3.63) is 47.3 Å². The molecule has 0 spiro atoms. The first kappa shape index (κ1) is 12.8. The molecule has 0 atom stereocenters. The highest BCUT2D eigenvalue weighted by Crippen LogP contribution is 2.12. The molecule has 0 radical (unpaired) electrons. The number of aromatic amines is 1. The molecule has 98 valence electrons. The van der Waals surface area contributed by atoms with E-state index in [2.05, 4.69) is 20.3 Å². The maximum absolute atomic E-state index is 11.9. The fourth-order valence-electron chi connectivity index (χ4n) is 1.59. The normalized spacial score (nSPS) is 10.0. The fourth-order valence-corrected chi connectivity index (χ4v) is 1.59. The number of carbonyl (C=O) groups excluding carboxylic acids is 2. The Hall–Kier alpha value is -2.63. The molecule has 1 aromatic carbocycles. The summed E-state index contributed by atoms with van der Waals surface area (Å²) in [5, 5.41) is 9.20. The molecule has 6 heteroatoms. The van der Waals surface area contributed by atoms with Gasteiger partial charge < -0.3 is 10.1 Å². The molecule has 0 aliphatic heterocycles. The van der Waals surface area contributed by atoms with E-state index < -0.39 is 5.97 Å². The van der Waals surface area contributed by atoms with Crippen LogP contribution >= 0.6 is 0 Å². The standard InChI is InChI=1S/C13H13N3O3/c1-8-11(7-14-16-8)12(17)15-10-5-3-9(4-6-10)13(18)19-2/h3-7H,1-2H3,(H,14,16)(H,15,17). The monoisotopic (exact) mass is 259 g/mol. The van der Waals surface area contributed by atoms with Crippen molar-refractivity contribution < 1.29 is 14.3 Å². The predicted molar refractivity (Wildman–Crippen MR) is 69.1 cm³/mol. The Morgan fingerprint density at radius 1 is 1.26 bits per heavy atom. The van der Waals surface area contributed by atoms with Crippen LogP contribution < -0.4 is 5.32 Å². The van der Waals surface area contributed by atoms with Crippen molar-refractivity contribution >= 4 is 17.6 Å². The molecule has 0 bridgehead atoms. The van der Waals surface area contributed by atoms with E-state index in [9.17, 15) is 9.59 Å². The Bertz CT molecular complexity index is 602. The van der Waals surface area contributed by atoms with E-state index in [1.165, 1.54) is 13.3 Å². The van der Waals surface area contributed by atoms with Gasteiger partial charge in [0.05, 0.1) is 24.4 Å². The molecule has 2 aromatic rings. The number of carbonyl (C=O) groups is 2. The summed E-state index contributed by atoms with van der Waals surface area (Å²) < 4.78 is 4.59. The Balaban J connectivity index is 2.10. The maximum Gasteiger partial charge on any atom is 0.337 e. The largest absolute Gasteiger partial charge is 0.465 e. The molecule has 1 aromatic heterocycles. The third-order valence-corrected chi connectivity index (χ3v) is 2.64. The average Bonchev–Trinajstić information content (AvgIpc) is 2.85. The summed E-state index contributed by atoms with van der Waals surface area (Å²) in [5.41, 5.74) is 2.21. The van der Waals surface area contributed by atoms with Crippen LogP contribution in [-0.4, -0.2) is 29.2 Å². The van der Waals surface area contributed by atoms with Crippen LogP contribution in [0.25, 0.3) is 0 Å². The van der Waals surface area contributed by atoms with Gasteiger partial charge in [0, 0.05) is 11.4 Å². The topological polar surface area (TPSA) is 84.1 Å². The van der Waals surface area contributed by atoms with Gasteiger partial charge in [0.2, 0.25) is 0 Å². The Morgan fingerprint density at radius 2 is 1.95 bits per heavy atom. The first-order chi connectivity index (χ1) is 9.11. The second-order valence-corrected chi connectivity index (χ2v) is 3.93. The maximum atomic E-state index is 11.9. The average molecular weight is 259 g/mol. The van der Waals surface area contributed by atoms with Crippen molar-refractivity contribution in [3.63, 3.8) is 0 Å². The van der Waals surface area contributed by atoms with Gasteiger partial charge in [-0.1, -0.05) is 0 Å². The number of nitrogens with zero attached hydrogens (tertiary/aromatic N) is 1. The molecule has 0 aliphatic carbocycles. The van der Waals surface area contributed by atoms with E-state index in [0.29, 0.717) is 22.5 Å². The minimum absolute atomic E-state index is 0.253. The van der Waals surface area contributed by atoms with Gasteiger partial charge in [-0.2, -0.15) is 5.10 Å². The Labute approximate surface area is 109 Å². The molecular formula is C13H13N3O3. The van der Waals surface area contributed by atoms with Crippen molar-refractivity contribution in [2.75, 3.05) is 12.4 Å². The lowest BCUT2D eigenvalue weighted by Crippen LogP contribution is -2.12. The quantitative estimate of drug-likeness (QED) is 0.822. The first-order valence-electron chi connectivity index (χ1n) is 5.61. The van der Waals surface area contributed by atoms with Gasteiger partial charge in [-0.3, -0.25) is 9.89 Å². The molecule has 2 N–H and O–H groups in total. The number of aryl methyl sites for hydroxylation is 1. The van der Waals surface area contributed by atoms with Crippen molar-refractivity contribution in [2.24, 2.45) is 0 Å². The number of anilines is 1. The van der Waals surface area contributed by atoms with Crippen molar-refractivity contribution in [1.29, 1.82) is 0 Å². The molecule has 0 saturated carbocycles. The van der Waals surface area contributed by atoms with Gasteiger partial charge >= 0.3 is 5.97 Å². The summed E-state index contributed by atoms with van der Waals surface area (Å²) in [6.45, 7) is 1.77. The lowest BCUT2D eigenvalue weighted by atomic mass is 10.2. The second kappa shape index (κ2) is 5.34. The third-order valence-electron chi connectivity index (χ3n) is 2.64. The van der Waals surface area contributed by atoms with Crippen LogP contribution in [0.1, 0.15) is 26.4 Å². The molecule has 2 rings (SSSR count). The number of ether oxygens (including phenoxy) is 1. The molecule has 0 fully saturated rings. The van der Waals surface area contributed by atoms with Crippen LogP contribution in [0.15, 0.2) is 30.5 Å². The summed E-state index contributed by atoms with van der Waals surface area (Å²) in [6.07, 6.45) is 1.47. The van der Waals surface area contributed by atoms with E-state index in [4.69, 9.17) is 0 Å². The minimum Gasteiger partial charge on any atom is -0.465 e. The Kier molecular flexibility index (Phi) is 3.61. The van der Waals surface area contributed by atoms with Crippen LogP contribution in [-0.2, 0) is 4.74 Å². The summed E-state index contributed by atoms with van der Waals surface area (Å²) in [5.74, 6) is -0.666. The van der Waals surface area contributed by atoms with Crippen LogP contribution in [0.4, 0.5) is 5.69 Å². The lowest BCUT2D eigenvalue weighted by Gasteiger charge is -2.05. The molecular weight excluding hydrogens is 246 g/mol. The van der Waals surface area contributed by atoms with Gasteiger partial charge in [-0.25, -0.2) is 4.79 Å². The number of methoxy groups -OCH3 is 1. The first-order valence-corrected chi connectivity index (χ1v) is 5.61. The van der Waals surface area contributed by atoms with Gasteiger partial charge in [-0.05, 0) is 31.2 Å². The van der Waals surface area contributed by atoms with Crippen molar-refractivity contribution in [3.8, 4) is 0 Å². The van der Waals surface area contributed by atoms with E-state index in [0.717, 1.165) is 0 Å². The van der Waals surface area contributed by atoms with Gasteiger partial charge in [0.25, 0.3) is 5.91 Å². The number of amides is 1. The predicted octanol–water partition coefficient (Wildman–Crippen LogP) is 1.76. The van der Waals surface area contributed by atoms with Gasteiger partial charge in [-0.15, -0.1) is 0 Å². The van der Waals surface area contributed by atoms with Crippen LogP contribution in [0.2, 0.25) is 0 Å². The van der Waals surface area contributed by atoms with Crippen LogP contribution in [0.3, 0.4) is 0 Å². The highest BCUT2D eigenvalue weighted by molar-refractivity contribution is 6.05. The number of rotatable bonds is 3. The molecule has 0 aliphatic rings. The van der Waals surface area contributed by atoms with Gasteiger partial charge in [0.15, 0.2) is 0 Å². The van der Waals surface area contributed by atoms with Crippen molar-refractivity contribution in [2.45, 2.75) is 6.92 Å². The second-order valence-electron chi connectivity index (χ2n) is 3.93. The highest BCUT2D eigenvalue weighted by atomic mass is 16.5. The summed E-state index contributed by atoms with van der Waals surface area (Å²) in [6, 6.07) is 6.45.